The highest BCUT2D eigenvalue weighted by molar-refractivity contribution is 4.62. The van der Waals surface area contributed by atoms with Crippen molar-refractivity contribution in [3.8, 4) is 0 Å². The Kier molecular flexibility index (Phi) is 9.85. The summed E-state index contributed by atoms with van der Waals surface area (Å²) in [5.74, 6) is 1.94. The zero-order valence-corrected chi connectivity index (χ0v) is 12.2. The van der Waals surface area contributed by atoms with Gasteiger partial charge < -0.3 is 10.2 Å². The van der Waals surface area contributed by atoms with Gasteiger partial charge in [0.2, 0.25) is 0 Å². The van der Waals surface area contributed by atoms with Gasteiger partial charge in [0.15, 0.2) is 0 Å². The Morgan fingerprint density at radius 1 is 0.647 bits per heavy atom. The standard InChI is InChI=1S/C15H32O2/c1-12(7-8-14(3)11-16)5-6-13(2)9-10-15(4)17/h12-17H,5-11H2,1-4H3. The molecule has 0 aliphatic heterocycles. The molecule has 0 saturated heterocycles. The third-order valence-corrected chi connectivity index (χ3v) is 3.69. The van der Waals surface area contributed by atoms with E-state index in [-0.39, 0.29) is 6.10 Å². The molecule has 0 amide bonds. The van der Waals surface area contributed by atoms with Crippen LogP contribution in [0.2, 0.25) is 0 Å². The molecule has 0 bridgehead atoms. The molecule has 0 saturated carbocycles. The van der Waals surface area contributed by atoms with E-state index in [1.807, 2.05) is 6.92 Å². The maximum Gasteiger partial charge on any atom is 0.0512 e. The maximum atomic E-state index is 9.23. The topological polar surface area (TPSA) is 40.5 Å². The molecule has 17 heavy (non-hydrogen) atoms. The first-order valence-corrected chi connectivity index (χ1v) is 7.24. The SMILES string of the molecule is CC(O)CCC(C)CCC(C)CCC(C)CO. The van der Waals surface area contributed by atoms with Gasteiger partial charge in [0.05, 0.1) is 6.10 Å². The van der Waals surface area contributed by atoms with Gasteiger partial charge in [0.1, 0.15) is 0 Å². The van der Waals surface area contributed by atoms with E-state index < -0.39 is 0 Å². The Labute approximate surface area is 107 Å². The molecule has 0 rings (SSSR count). The Morgan fingerprint density at radius 2 is 1.00 bits per heavy atom. The molecular weight excluding hydrogens is 212 g/mol. The largest absolute Gasteiger partial charge is 0.396 e. The van der Waals surface area contributed by atoms with Crippen molar-refractivity contribution in [1.29, 1.82) is 0 Å². The maximum absolute atomic E-state index is 9.23. The fourth-order valence-electron chi connectivity index (χ4n) is 2.04. The van der Waals surface area contributed by atoms with Crippen LogP contribution in [-0.4, -0.2) is 22.9 Å². The van der Waals surface area contributed by atoms with Gasteiger partial charge >= 0.3 is 0 Å². The van der Waals surface area contributed by atoms with Gasteiger partial charge in [0, 0.05) is 6.61 Å². The monoisotopic (exact) mass is 244 g/mol. The van der Waals surface area contributed by atoms with Crippen LogP contribution in [0.3, 0.4) is 0 Å². The van der Waals surface area contributed by atoms with E-state index in [4.69, 9.17) is 5.11 Å². The van der Waals surface area contributed by atoms with Gasteiger partial charge in [-0.25, -0.2) is 0 Å². The van der Waals surface area contributed by atoms with Gasteiger partial charge in [-0.1, -0.05) is 40.0 Å². The van der Waals surface area contributed by atoms with Crippen molar-refractivity contribution in [2.24, 2.45) is 17.8 Å². The lowest BCUT2D eigenvalue weighted by Gasteiger charge is -2.17. The van der Waals surface area contributed by atoms with Crippen molar-refractivity contribution in [1.82, 2.24) is 0 Å². The minimum absolute atomic E-state index is 0.153. The highest BCUT2D eigenvalue weighted by atomic mass is 16.3. The average Bonchev–Trinajstić information content (AvgIpc) is 2.30. The first kappa shape index (κ1) is 16.9. The van der Waals surface area contributed by atoms with Gasteiger partial charge in [-0.05, 0) is 43.9 Å². The number of hydrogen-bond donors (Lipinski definition) is 2. The van der Waals surface area contributed by atoms with Crippen molar-refractivity contribution in [2.75, 3.05) is 6.61 Å². The van der Waals surface area contributed by atoms with Gasteiger partial charge in [-0.15, -0.1) is 0 Å². The molecule has 2 nitrogen and oxygen atoms in total. The number of aliphatic hydroxyl groups excluding tert-OH is 2. The second-order valence-electron chi connectivity index (χ2n) is 6.08. The average molecular weight is 244 g/mol. The molecule has 0 radical (unpaired) electrons. The predicted molar refractivity (Wildman–Crippen MR) is 74.0 cm³/mol. The van der Waals surface area contributed by atoms with Crippen LogP contribution in [-0.2, 0) is 0 Å². The summed E-state index contributed by atoms with van der Waals surface area (Å²) in [5, 5.41) is 18.2. The molecule has 0 aliphatic carbocycles. The molecule has 0 aliphatic rings. The first-order chi connectivity index (χ1) is 7.95. The van der Waals surface area contributed by atoms with E-state index in [0.717, 1.165) is 31.1 Å². The number of hydrogen-bond acceptors (Lipinski definition) is 2. The van der Waals surface area contributed by atoms with Crippen LogP contribution in [0.25, 0.3) is 0 Å². The van der Waals surface area contributed by atoms with Crippen molar-refractivity contribution >= 4 is 0 Å². The normalized spacial score (nSPS) is 18.7. The van der Waals surface area contributed by atoms with E-state index in [1.165, 1.54) is 19.3 Å². The molecule has 0 heterocycles. The molecule has 0 aromatic carbocycles. The van der Waals surface area contributed by atoms with Crippen molar-refractivity contribution in [2.45, 2.75) is 72.3 Å². The minimum Gasteiger partial charge on any atom is -0.396 e. The van der Waals surface area contributed by atoms with Gasteiger partial charge in [-0.2, -0.15) is 0 Å². The Morgan fingerprint density at radius 3 is 1.35 bits per heavy atom. The summed E-state index contributed by atoms with van der Waals surface area (Å²) >= 11 is 0. The molecule has 0 aromatic heterocycles. The third-order valence-electron chi connectivity index (χ3n) is 3.69. The van der Waals surface area contributed by atoms with Crippen LogP contribution in [0.4, 0.5) is 0 Å². The Balaban J connectivity index is 3.51. The molecule has 104 valence electrons. The summed E-state index contributed by atoms with van der Waals surface area (Å²) in [5.41, 5.74) is 0. The van der Waals surface area contributed by atoms with Crippen molar-refractivity contribution in [3.63, 3.8) is 0 Å². The molecule has 0 aromatic rings. The summed E-state index contributed by atoms with van der Waals surface area (Å²) in [6.07, 6.45) is 6.82. The summed E-state index contributed by atoms with van der Waals surface area (Å²) in [4.78, 5) is 0. The van der Waals surface area contributed by atoms with Crippen LogP contribution in [0.15, 0.2) is 0 Å². The number of aliphatic hydroxyl groups is 2. The highest BCUT2D eigenvalue weighted by Gasteiger charge is 2.09. The number of rotatable bonds is 10. The zero-order chi connectivity index (χ0) is 13.3. The van der Waals surface area contributed by atoms with Crippen molar-refractivity contribution in [3.05, 3.63) is 0 Å². The summed E-state index contributed by atoms with van der Waals surface area (Å²) in [6.45, 7) is 8.89. The minimum atomic E-state index is -0.153. The van der Waals surface area contributed by atoms with E-state index in [1.54, 1.807) is 0 Å². The molecule has 0 spiro atoms. The summed E-state index contributed by atoms with van der Waals surface area (Å²) in [6, 6.07) is 0. The van der Waals surface area contributed by atoms with Crippen LogP contribution >= 0.6 is 0 Å². The van der Waals surface area contributed by atoms with Crippen LogP contribution in [0.1, 0.15) is 66.2 Å². The molecular formula is C15H32O2. The Bertz CT molecular complexity index is 168. The molecule has 0 fully saturated rings. The second kappa shape index (κ2) is 9.90. The second-order valence-corrected chi connectivity index (χ2v) is 6.08. The van der Waals surface area contributed by atoms with E-state index in [0.29, 0.717) is 12.5 Å². The highest BCUT2D eigenvalue weighted by Crippen LogP contribution is 2.21. The molecule has 2 heteroatoms. The smallest absolute Gasteiger partial charge is 0.0512 e. The van der Waals surface area contributed by atoms with Crippen LogP contribution < -0.4 is 0 Å². The van der Waals surface area contributed by atoms with Gasteiger partial charge in [0.25, 0.3) is 0 Å². The zero-order valence-electron chi connectivity index (χ0n) is 12.2. The quantitative estimate of drug-likeness (QED) is 0.616. The third kappa shape index (κ3) is 10.8. The lowest BCUT2D eigenvalue weighted by Crippen LogP contribution is -2.07. The molecule has 2 N–H and O–H groups in total. The van der Waals surface area contributed by atoms with Crippen molar-refractivity contribution < 1.29 is 10.2 Å². The van der Waals surface area contributed by atoms with Crippen LogP contribution in [0.5, 0.6) is 0 Å². The predicted octanol–water partition coefficient (Wildman–Crippen LogP) is 3.61. The summed E-state index contributed by atoms with van der Waals surface area (Å²) < 4.78 is 0. The van der Waals surface area contributed by atoms with E-state index in [2.05, 4.69) is 20.8 Å². The fraction of sp³-hybridized carbons (Fsp3) is 1.00. The van der Waals surface area contributed by atoms with Crippen LogP contribution in [0, 0.1) is 17.8 Å². The Hall–Kier alpha value is -0.0800. The van der Waals surface area contributed by atoms with E-state index in [9.17, 15) is 5.11 Å². The lowest BCUT2D eigenvalue weighted by molar-refractivity contribution is 0.172. The summed E-state index contributed by atoms with van der Waals surface area (Å²) in [7, 11) is 0. The fourth-order valence-corrected chi connectivity index (χ4v) is 2.04. The van der Waals surface area contributed by atoms with E-state index >= 15 is 0 Å². The lowest BCUT2D eigenvalue weighted by atomic mass is 9.90. The van der Waals surface area contributed by atoms with Gasteiger partial charge in [-0.3, -0.25) is 0 Å². The first-order valence-electron chi connectivity index (χ1n) is 7.24. The molecule has 4 atom stereocenters. The molecule has 4 unspecified atom stereocenters.